The summed E-state index contributed by atoms with van der Waals surface area (Å²) in [5, 5.41) is 2.84. The van der Waals surface area contributed by atoms with Gasteiger partial charge in [0.1, 0.15) is 29.4 Å². The molecule has 1 aliphatic heterocycles. The summed E-state index contributed by atoms with van der Waals surface area (Å²) in [5.74, 6) is -3.68. The SMILES string of the molecule is BC1(B)NC(B)(C)C1(B)Oc1cc(F)cc(F)c1F. The largest absolute Gasteiger partial charge is 0.492 e. The zero-order valence-electron chi connectivity index (χ0n) is 11.7. The van der Waals surface area contributed by atoms with Crippen molar-refractivity contribution >= 4 is 31.4 Å². The number of halogens is 3. The highest BCUT2D eigenvalue weighted by Crippen LogP contribution is 2.40. The van der Waals surface area contributed by atoms with Crippen LogP contribution in [0.25, 0.3) is 0 Å². The number of benzene rings is 1. The molecule has 1 N–H and O–H groups in total. The van der Waals surface area contributed by atoms with Crippen molar-refractivity contribution in [2.75, 3.05) is 0 Å². The van der Waals surface area contributed by atoms with Gasteiger partial charge in [-0.25, -0.2) is 8.78 Å². The molecule has 0 aliphatic carbocycles. The number of ether oxygens (including phenoxy) is 1. The minimum atomic E-state index is -1.25. The predicted molar refractivity (Wildman–Crippen MR) is 78.1 cm³/mol. The van der Waals surface area contributed by atoms with Crippen molar-refractivity contribution < 1.29 is 17.9 Å². The first-order valence-corrected chi connectivity index (χ1v) is 6.13. The second-order valence-electron chi connectivity index (χ2n) is 6.21. The Labute approximate surface area is 114 Å². The Morgan fingerprint density at radius 1 is 1.11 bits per heavy atom. The Balaban J connectivity index is 2.41. The van der Waals surface area contributed by atoms with Gasteiger partial charge in [-0.2, -0.15) is 4.39 Å². The van der Waals surface area contributed by atoms with Gasteiger partial charge in [0.15, 0.2) is 19.4 Å². The van der Waals surface area contributed by atoms with Crippen LogP contribution in [0.5, 0.6) is 5.75 Å². The zero-order valence-corrected chi connectivity index (χ0v) is 11.7. The third-order valence-electron chi connectivity index (χ3n) is 4.28. The normalized spacial score (nSPS) is 32.6. The molecule has 2 unspecified atom stereocenters. The number of hydrogen-bond donors (Lipinski definition) is 1. The van der Waals surface area contributed by atoms with Gasteiger partial charge in [0, 0.05) is 17.6 Å². The molecule has 1 aromatic carbocycles. The van der Waals surface area contributed by atoms with E-state index in [-0.39, 0.29) is 0 Å². The maximum atomic E-state index is 13.7. The lowest BCUT2D eigenvalue weighted by Gasteiger charge is -2.67. The van der Waals surface area contributed by atoms with Crippen LogP contribution in [0, 0.1) is 17.5 Å². The van der Waals surface area contributed by atoms with E-state index in [1.165, 1.54) is 0 Å². The fourth-order valence-corrected chi connectivity index (χ4v) is 2.82. The molecule has 0 spiro atoms. The van der Waals surface area contributed by atoms with E-state index in [4.69, 9.17) is 4.74 Å². The van der Waals surface area contributed by atoms with Crippen molar-refractivity contribution in [2.45, 2.75) is 23.2 Å². The molecule has 2 atom stereocenters. The molecule has 1 aromatic rings. The van der Waals surface area contributed by atoms with Gasteiger partial charge in [-0.3, -0.25) is 0 Å². The molecule has 0 radical (unpaired) electrons. The van der Waals surface area contributed by atoms with Gasteiger partial charge < -0.3 is 10.1 Å². The molecule has 2 rings (SSSR count). The van der Waals surface area contributed by atoms with Crippen LogP contribution in [0.3, 0.4) is 0 Å². The fourth-order valence-electron chi connectivity index (χ4n) is 2.82. The lowest BCUT2D eigenvalue weighted by molar-refractivity contribution is -0.0150. The Kier molecular flexibility index (Phi) is 3.05. The van der Waals surface area contributed by atoms with E-state index in [2.05, 4.69) is 5.32 Å². The highest BCUT2D eigenvalue weighted by atomic mass is 19.2. The molecule has 9 heteroatoms. The van der Waals surface area contributed by atoms with Crippen molar-refractivity contribution in [3.8, 4) is 5.75 Å². The number of nitrogens with one attached hydrogen (secondary N) is 1. The summed E-state index contributed by atoms with van der Waals surface area (Å²) in [6, 6.07) is 1.37. The number of hydrogen-bond acceptors (Lipinski definition) is 2. The summed E-state index contributed by atoms with van der Waals surface area (Å²) in [4.78, 5) is 0. The van der Waals surface area contributed by atoms with Crippen molar-refractivity contribution in [3.05, 3.63) is 29.6 Å². The van der Waals surface area contributed by atoms with Crippen LogP contribution in [0.2, 0.25) is 0 Å². The summed E-state index contributed by atoms with van der Waals surface area (Å²) in [5.41, 5.74) is -1.23. The van der Waals surface area contributed by atoms with Crippen molar-refractivity contribution in [1.29, 1.82) is 0 Å². The second-order valence-corrected chi connectivity index (χ2v) is 6.21. The van der Waals surface area contributed by atoms with Crippen LogP contribution < -0.4 is 10.1 Å². The molecule has 0 saturated carbocycles. The summed E-state index contributed by atoms with van der Waals surface area (Å²) in [6.07, 6.45) is 0. The van der Waals surface area contributed by atoms with E-state index in [1.807, 2.05) is 30.5 Å². The van der Waals surface area contributed by atoms with Crippen LogP contribution in [0.15, 0.2) is 12.1 Å². The molecule has 0 bridgehead atoms. The molecular weight excluding hydrogens is 250 g/mol. The molecule has 0 amide bonds. The molecule has 0 aromatic heterocycles. The smallest absolute Gasteiger partial charge is 0.200 e. The molecule has 98 valence electrons. The van der Waals surface area contributed by atoms with E-state index in [9.17, 15) is 13.2 Å². The van der Waals surface area contributed by atoms with E-state index >= 15 is 0 Å². The van der Waals surface area contributed by atoms with Crippen LogP contribution >= 0.6 is 0 Å². The molecule has 1 heterocycles. The van der Waals surface area contributed by atoms with Crippen LogP contribution in [0.4, 0.5) is 13.2 Å². The van der Waals surface area contributed by atoms with Gasteiger partial charge in [0.05, 0.1) is 5.50 Å². The van der Waals surface area contributed by atoms with Crippen LogP contribution in [-0.2, 0) is 0 Å². The maximum Gasteiger partial charge on any atom is 0.200 e. The van der Waals surface area contributed by atoms with E-state index < -0.39 is 39.5 Å². The summed E-state index contributed by atoms with van der Waals surface area (Å²) < 4.78 is 45.7. The Morgan fingerprint density at radius 2 is 1.68 bits per heavy atom. The van der Waals surface area contributed by atoms with Crippen molar-refractivity contribution in [1.82, 2.24) is 5.32 Å². The molecule has 19 heavy (non-hydrogen) atoms. The highest BCUT2D eigenvalue weighted by Gasteiger charge is 2.63. The molecule has 2 nitrogen and oxygen atoms in total. The lowest BCUT2D eigenvalue weighted by atomic mass is 9.32. The first kappa shape index (κ1) is 14.4. The van der Waals surface area contributed by atoms with Crippen LogP contribution in [-0.4, -0.2) is 47.7 Å². The Hall–Kier alpha value is -0.970. The summed E-state index contributed by atoms with van der Waals surface area (Å²) in [7, 11) is 7.48. The van der Waals surface area contributed by atoms with Gasteiger partial charge in [-0.1, -0.05) is 6.92 Å². The van der Waals surface area contributed by atoms with Gasteiger partial charge in [0.2, 0.25) is 5.82 Å². The van der Waals surface area contributed by atoms with E-state index in [1.54, 1.807) is 7.85 Å². The standard InChI is InChI=1S/C10H14B4F3NO/c1-8(11)9(12,10(13,14)18-8)19-6-3-4(15)2-5(16)7(6)17/h2-3,18H,11-14H2,1H3. The van der Waals surface area contributed by atoms with Crippen molar-refractivity contribution in [3.63, 3.8) is 0 Å². The number of rotatable bonds is 2. The topological polar surface area (TPSA) is 21.3 Å². The third-order valence-corrected chi connectivity index (χ3v) is 4.28. The van der Waals surface area contributed by atoms with Gasteiger partial charge >= 0.3 is 0 Å². The monoisotopic (exact) mass is 265 g/mol. The molecule has 1 aliphatic rings. The minimum absolute atomic E-state index is 0.400. The highest BCUT2D eigenvalue weighted by molar-refractivity contribution is 6.49. The average molecular weight is 264 g/mol. The zero-order chi connectivity index (χ0) is 14.6. The van der Waals surface area contributed by atoms with Crippen LogP contribution in [0.1, 0.15) is 6.92 Å². The molecule has 1 fully saturated rings. The summed E-state index contributed by atoms with van der Waals surface area (Å²) >= 11 is 0. The third kappa shape index (κ3) is 1.98. The summed E-state index contributed by atoms with van der Waals surface area (Å²) in [6.45, 7) is 1.89. The van der Waals surface area contributed by atoms with E-state index in [0.717, 1.165) is 6.07 Å². The fraction of sp³-hybridized carbons (Fsp3) is 0.400. The predicted octanol–water partition coefficient (Wildman–Crippen LogP) is -2.32. The molecule has 1 saturated heterocycles. The van der Waals surface area contributed by atoms with Gasteiger partial charge in [-0.15, -0.1) is 0 Å². The Bertz CT molecular complexity index is 524. The van der Waals surface area contributed by atoms with Crippen molar-refractivity contribution in [2.24, 2.45) is 0 Å². The maximum absolute atomic E-state index is 13.7. The quantitative estimate of drug-likeness (QED) is 0.479. The van der Waals surface area contributed by atoms with E-state index in [0.29, 0.717) is 6.07 Å². The first-order chi connectivity index (χ1) is 8.50. The first-order valence-electron chi connectivity index (χ1n) is 6.13. The second kappa shape index (κ2) is 4.01. The Morgan fingerprint density at radius 3 is 2.16 bits per heavy atom. The minimum Gasteiger partial charge on any atom is -0.492 e. The molecular formula is C10H14B4F3NO. The lowest BCUT2D eigenvalue weighted by Crippen LogP contribution is -2.93. The van der Waals surface area contributed by atoms with Gasteiger partial charge in [0.25, 0.3) is 0 Å². The van der Waals surface area contributed by atoms with Gasteiger partial charge in [-0.05, 0) is 5.34 Å². The average Bonchev–Trinajstić information content (AvgIpc) is 2.23.